The second kappa shape index (κ2) is 11.0. The molecule has 8 heteroatoms. The highest BCUT2D eigenvalue weighted by atomic mass is 16.6. The van der Waals surface area contributed by atoms with E-state index in [1.165, 1.54) is 0 Å². The van der Waals surface area contributed by atoms with E-state index in [0.717, 1.165) is 24.1 Å². The van der Waals surface area contributed by atoms with Gasteiger partial charge in [0.1, 0.15) is 5.60 Å². The molecular formula is C25H34N4O4. The van der Waals surface area contributed by atoms with Crippen LogP contribution in [0.5, 0.6) is 0 Å². The van der Waals surface area contributed by atoms with Gasteiger partial charge in [0.05, 0.1) is 12.3 Å². The number of ether oxygens (including phenoxy) is 1. The molecule has 3 rings (SSSR count). The Labute approximate surface area is 195 Å². The smallest absolute Gasteiger partial charge is 0.407 e. The number of rotatable bonds is 7. The van der Waals surface area contributed by atoms with Gasteiger partial charge in [-0.2, -0.15) is 0 Å². The third kappa shape index (κ3) is 7.66. The number of nitrogens with one attached hydrogen (secondary N) is 2. The lowest BCUT2D eigenvalue weighted by molar-refractivity contribution is -0.135. The van der Waals surface area contributed by atoms with E-state index in [-0.39, 0.29) is 24.3 Å². The molecule has 1 saturated heterocycles. The third-order valence-electron chi connectivity index (χ3n) is 5.43. The van der Waals surface area contributed by atoms with Crippen molar-refractivity contribution in [1.29, 1.82) is 0 Å². The first-order valence-corrected chi connectivity index (χ1v) is 11.5. The van der Waals surface area contributed by atoms with Gasteiger partial charge in [0.2, 0.25) is 11.8 Å². The zero-order chi connectivity index (χ0) is 23.8. The summed E-state index contributed by atoms with van der Waals surface area (Å²) in [5, 5.41) is 5.47. The number of benzene rings is 1. The van der Waals surface area contributed by atoms with Crippen molar-refractivity contribution in [3.05, 3.63) is 54.4 Å². The van der Waals surface area contributed by atoms with E-state index in [4.69, 9.17) is 4.74 Å². The zero-order valence-corrected chi connectivity index (χ0v) is 19.7. The number of carbonyl (C=O) groups is 3. The summed E-state index contributed by atoms with van der Waals surface area (Å²) >= 11 is 0. The molecule has 2 heterocycles. The van der Waals surface area contributed by atoms with Gasteiger partial charge in [-0.1, -0.05) is 12.1 Å². The van der Waals surface area contributed by atoms with Crippen LogP contribution in [0, 0.1) is 5.92 Å². The predicted molar refractivity (Wildman–Crippen MR) is 126 cm³/mol. The Balaban J connectivity index is 1.42. The van der Waals surface area contributed by atoms with Gasteiger partial charge in [-0.25, -0.2) is 4.79 Å². The van der Waals surface area contributed by atoms with E-state index in [2.05, 4.69) is 10.6 Å². The van der Waals surface area contributed by atoms with Crippen LogP contribution < -0.4 is 10.6 Å². The van der Waals surface area contributed by atoms with Crippen molar-refractivity contribution in [2.24, 2.45) is 5.92 Å². The molecule has 8 nitrogen and oxygen atoms in total. The van der Waals surface area contributed by atoms with Gasteiger partial charge < -0.3 is 24.8 Å². The quantitative estimate of drug-likeness (QED) is 0.629. The van der Waals surface area contributed by atoms with Gasteiger partial charge >= 0.3 is 6.09 Å². The number of amides is 3. The molecule has 1 aromatic carbocycles. The van der Waals surface area contributed by atoms with Gasteiger partial charge in [0.25, 0.3) is 0 Å². The van der Waals surface area contributed by atoms with Crippen molar-refractivity contribution >= 4 is 17.9 Å². The number of carbonyl (C=O) groups excluding carboxylic acids is 3. The molecular weight excluding hydrogens is 420 g/mol. The highest BCUT2D eigenvalue weighted by Crippen LogP contribution is 2.18. The van der Waals surface area contributed by atoms with Crippen LogP contribution in [0.2, 0.25) is 0 Å². The monoisotopic (exact) mass is 454 g/mol. The Bertz CT molecular complexity index is 932. The van der Waals surface area contributed by atoms with Crippen LogP contribution in [0.15, 0.2) is 48.8 Å². The van der Waals surface area contributed by atoms with Crippen LogP contribution >= 0.6 is 0 Å². The Kier molecular flexibility index (Phi) is 8.14. The fraction of sp³-hybridized carbons (Fsp3) is 0.480. The number of aromatic nitrogens is 1. The average Bonchev–Trinajstić information content (AvgIpc) is 3.31. The molecule has 1 fully saturated rings. The molecule has 33 heavy (non-hydrogen) atoms. The minimum Gasteiger partial charge on any atom is -0.444 e. The van der Waals surface area contributed by atoms with Gasteiger partial charge in [0, 0.05) is 44.3 Å². The van der Waals surface area contributed by atoms with Crippen LogP contribution in [0.3, 0.4) is 0 Å². The van der Waals surface area contributed by atoms with E-state index in [1.54, 1.807) is 25.7 Å². The molecule has 1 unspecified atom stereocenters. The van der Waals surface area contributed by atoms with Crippen molar-refractivity contribution in [2.45, 2.75) is 45.6 Å². The Morgan fingerprint density at radius 2 is 1.70 bits per heavy atom. The normalized spacial score (nSPS) is 16.2. The largest absolute Gasteiger partial charge is 0.444 e. The number of piperidine rings is 1. The van der Waals surface area contributed by atoms with Crippen molar-refractivity contribution < 1.29 is 19.1 Å². The highest BCUT2D eigenvalue weighted by Gasteiger charge is 2.28. The molecule has 1 aromatic heterocycles. The maximum Gasteiger partial charge on any atom is 0.407 e. The van der Waals surface area contributed by atoms with Crippen LogP contribution in [-0.4, -0.2) is 59.2 Å². The summed E-state index contributed by atoms with van der Waals surface area (Å²) < 4.78 is 7.18. The molecule has 2 aromatic rings. The lowest BCUT2D eigenvalue weighted by Crippen LogP contribution is -2.47. The van der Waals surface area contributed by atoms with E-state index in [1.807, 2.05) is 53.4 Å². The molecule has 2 N–H and O–H groups in total. The molecule has 1 atom stereocenters. The first-order valence-electron chi connectivity index (χ1n) is 11.5. The predicted octanol–water partition coefficient (Wildman–Crippen LogP) is 2.90. The highest BCUT2D eigenvalue weighted by molar-refractivity contribution is 5.82. The molecule has 0 saturated carbocycles. The lowest BCUT2D eigenvalue weighted by atomic mass is 9.96. The van der Waals surface area contributed by atoms with Crippen LogP contribution in [0.4, 0.5) is 4.79 Å². The number of likely N-dealkylation sites (tertiary alicyclic amines) is 1. The molecule has 3 amide bonds. The number of hydrogen-bond donors (Lipinski definition) is 2. The molecule has 1 aliphatic heterocycles. The van der Waals surface area contributed by atoms with E-state index >= 15 is 0 Å². The number of alkyl carbamates (subject to hydrolysis) is 1. The maximum absolute atomic E-state index is 12.8. The summed E-state index contributed by atoms with van der Waals surface area (Å²) in [6, 6.07) is 11.9. The Hall–Kier alpha value is -3.29. The Morgan fingerprint density at radius 1 is 1.03 bits per heavy atom. The molecule has 0 radical (unpaired) electrons. The first-order chi connectivity index (χ1) is 15.7. The topological polar surface area (TPSA) is 92.7 Å². The van der Waals surface area contributed by atoms with Crippen molar-refractivity contribution in [3.8, 4) is 5.69 Å². The summed E-state index contributed by atoms with van der Waals surface area (Å²) in [7, 11) is 0. The summed E-state index contributed by atoms with van der Waals surface area (Å²) in [4.78, 5) is 38.8. The minimum absolute atomic E-state index is 0.0350. The maximum atomic E-state index is 12.8. The summed E-state index contributed by atoms with van der Waals surface area (Å²) in [5.41, 5.74) is 1.44. The standard InChI is InChI=1S/C25H34N4O4/c1-25(2,3)33-24(32)27-13-12-26-23(31)20-7-6-16-29(18-20)22(30)17-19-8-10-21(11-9-19)28-14-4-5-15-28/h4-5,8-11,14-15,20H,6-7,12-13,16-18H2,1-3H3,(H,26,31)(H,27,32). The number of nitrogens with zero attached hydrogens (tertiary/aromatic N) is 2. The molecule has 0 spiro atoms. The van der Waals surface area contributed by atoms with E-state index in [0.29, 0.717) is 26.1 Å². The summed E-state index contributed by atoms with van der Waals surface area (Å²) in [6.45, 7) is 7.08. The average molecular weight is 455 g/mol. The van der Waals surface area contributed by atoms with Crippen LogP contribution in [0.1, 0.15) is 39.2 Å². The van der Waals surface area contributed by atoms with Crippen molar-refractivity contribution in [1.82, 2.24) is 20.1 Å². The fourth-order valence-corrected chi connectivity index (χ4v) is 3.81. The number of hydrogen-bond acceptors (Lipinski definition) is 4. The molecule has 0 aliphatic carbocycles. The van der Waals surface area contributed by atoms with Gasteiger partial charge in [-0.15, -0.1) is 0 Å². The van der Waals surface area contributed by atoms with Crippen molar-refractivity contribution in [2.75, 3.05) is 26.2 Å². The summed E-state index contributed by atoms with van der Waals surface area (Å²) in [6.07, 6.45) is 5.32. The van der Waals surface area contributed by atoms with Crippen LogP contribution in [0.25, 0.3) is 5.69 Å². The first kappa shape index (κ1) is 24.4. The van der Waals surface area contributed by atoms with Gasteiger partial charge in [0.15, 0.2) is 0 Å². The van der Waals surface area contributed by atoms with Crippen molar-refractivity contribution in [3.63, 3.8) is 0 Å². The third-order valence-corrected chi connectivity index (χ3v) is 5.43. The second-order valence-electron chi connectivity index (χ2n) is 9.33. The minimum atomic E-state index is -0.559. The van der Waals surface area contributed by atoms with Crippen LogP contribution in [-0.2, 0) is 20.7 Å². The molecule has 0 bridgehead atoms. The van der Waals surface area contributed by atoms with Gasteiger partial charge in [-0.3, -0.25) is 9.59 Å². The lowest BCUT2D eigenvalue weighted by Gasteiger charge is -2.32. The SMILES string of the molecule is CC(C)(C)OC(=O)NCCNC(=O)C1CCCN(C(=O)Cc2ccc(-n3cccc3)cc2)C1. The second-order valence-corrected chi connectivity index (χ2v) is 9.33. The molecule has 178 valence electrons. The Morgan fingerprint density at radius 3 is 2.36 bits per heavy atom. The van der Waals surface area contributed by atoms with E-state index < -0.39 is 11.7 Å². The fourth-order valence-electron chi connectivity index (χ4n) is 3.81. The summed E-state index contributed by atoms with van der Waals surface area (Å²) in [5.74, 6) is -0.289. The van der Waals surface area contributed by atoms with E-state index in [9.17, 15) is 14.4 Å². The zero-order valence-electron chi connectivity index (χ0n) is 19.7. The van der Waals surface area contributed by atoms with Gasteiger partial charge in [-0.05, 0) is 63.4 Å². The molecule has 1 aliphatic rings.